The first-order chi connectivity index (χ1) is 13.7. The van der Waals surface area contributed by atoms with E-state index in [0.29, 0.717) is 11.6 Å². The zero-order chi connectivity index (χ0) is 20.8. The maximum Gasteiger partial charge on any atom is 0.261 e. The van der Waals surface area contributed by atoms with Crippen molar-refractivity contribution in [1.82, 2.24) is 0 Å². The molecule has 154 valence electrons. The molecule has 1 atom stereocenters. The predicted octanol–water partition coefficient (Wildman–Crippen LogP) is 6.08. The zero-order valence-electron chi connectivity index (χ0n) is 17.6. The van der Waals surface area contributed by atoms with E-state index in [1.54, 1.807) is 24.3 Å². The van der Waals surface area contributed by atoms with E-state index in [-0.39, 0.29) is 10.3 Å². The van der Waals surface area contributed by atoms with Crippen LogP contribution in [0.25, 0.3) is 11.0 Å². The Kier molecular flexibility index (Phi) is 4.97. The van der Waals surface area contributed by atoms with Gasteiger partial charge < -0.3 is 4.42 Å². The average molecular weight is 412 g/mol. The van der Waals surface area contributed by atoms with E-state index in [2.05, 4.69) is 25.5 Å². The topological polar surface area (TPSA) is 59.3 Å². The van der Waals surface area contributed by atoms with Crippen molar-refractivity contribution < 1.29 is 12.8 Å². The average Bonchev–Trinajstić information content (AvgIpc) is 3.05. The lowest BCUT2D eigenvalue weighted by molar-refractivity contribution is 0.179. The number of anilines is 1. The Balaban J connectivity index is 1.73. The van der Waals surface area contributed by atoms with Gasteiger partial charge >= 0.3 is 0 Å². The smallest absolute Gasteiger partial charge is 0.261 e. The highest BCUT2D eigenvalue weighted by molar-refractivity contribution is 7.92. The van der Waals surface area contributed by atoms with Gasteiger partial charge in [0.2, 0.25) is 0 Å². The van der Waals surface area contributed by atoms with E-state index in [1.807, 2.05) is 25.1 Å². The van der Waals surface area contributed by atoms with Crippen LogP contribution in [-0.4, -0.2) is 8.42 Å². The van der Waals surface area contributed by atoms with Gasteiger partial charge in [0.15, 0.2) is 0 Å². The van der Waals surface area contributed by atoms with Crippen molar-refractivity contribution in [3.8, 4) is 0 Å². The largest absolute Gasteiger partial charge is 0.461 e. The molecule has 0 amide bonds. The van der Waals surface area contributed by atoms with Crippen LogP contribution in [0.15, 0.2) is 51.8 Å². The monoisotopic (exact) mass is 411 g/mol. The Morgan fingerprint density at radius 2 is 1.90 bits per heavy atom. The molecular formula is C24H29NO3S. The number of furan rings is 1. The van der Waals surface area contributed by atoms with Gasteiger partial charge in [-0.05, 0) is 60.9 Å². The maximum atomic E-state index is 12.8. The number of nitrogens with one attached hydrogen (secondary N) is 1. The Morgan fingerprint density at radius 1 is 1.17 bits per heavy atom. The van der Waals surface area contributed by atoms with Crippen molar-refractivity contribution in [1.29, 1.82) is 0 Å². The number of sulfonamides is 1. The highest BCUT2D eigenvalue weighted by Gasteiger charge is 2.33. The number of fused-ring (bicyclic) bond motifs is 3. The molecule has 1 aliphatic carbocycles. The molecule has 1 heterocycles. The third-order valence-corrected chi connectivity index (χ3v) is 8.09. The van der Waals surface area contributed by atoms with E-state index >= 15 is 0 Å². The fourth-order valence-corrected chi connectivity index (χ4v) is 5.44. The molecular weight excluding hydrogens is 382 g/mol. The van der Waals surface area contributed by atoms with Crippen molar-refractivity contribution in [2.24, 2.45) is 11.3 Å². The summed E-state index contributed by atoms with van der Waals surface area (Å²) in [6.45, 7) is 8.85. The van der Waals surface area contributed by atoms with Gasteiger partial charge in [-0.25, -0.2) is 8.42 Å². The molecule has 0 spiro atoms. The summed E-state index contributed by atoms with van der Waals surface area (Å²) in [5.74, 6) is 1.66. The minimum Gasteiger partial charge on any atom is -0.461 e. The number of benzene rings is 2. The lowest BCUT2D eigenvalue weighted by Gasteiger charge is -2.36. The van der Waals surface area contributed by atoms with Crippen LogP contribution < -0.4 is 4.72 Å². The van der Waals surface area contributed by atoms with Crippen molar-refractivity contribution in [2.75, 3.05) is 4.72 Å². The molecule has 3 aromatic rings. The molecule has 29 heavy (non-hydrogen) atoms. The van der Waals surface area contributed by atoms with Crippen molar-refractivity contribution in [2.45, 2.75) is 58.3 Å². The van der Waals surface area contributed by atoms with E-state index < -0.39 is 10.0 Å². The van der Waals surface area contributed by atoms with Crippen LogP contribution in [0.2, 0.25) is 0 Å². The first-order valence-corrected chi connectivity index (χ1v) is 11.8. The van der Waals surface area contributed by atoms with Crippen LogP contribution in [0.5, 0.6) is 0 Å². The van der Waals surface area contributed by atoms with Crippen molar-refractivity contribution >= 4 is 26.7 Å². The Bertz CT molecular complexity index is 1140. The summed E-state index contributed by atoms with van der Waals surface area (Å²) in [4.78, 5) is 0.262. The zero-order valence-corrected chi connectivity index (χ0v) is 18.4. The molecule has 0 radical (unpaired) electrons. The highest BCUT2D eigenvalue weighted by Crippen LogP contribution is 2.43. The second kappa shape index (κ2) is 7.21. The summed E-state index contributed by atoms with van der Waals surface area (Å²) in [5, 5.41) is 1.04. The molecule has 0 fully saturated rings. The molecule has 0 aliphatic heterocycles. The lowest BCUT2D eigenvalue weighted by atomic mass is 9.69. The first-order valence-electron chi connectivity index (χ1n) is 10.3. The summed E-state index contributed by atoms with van der Waals surface area (Å²) in [5.41, 5.74) is 3.85. The summed E-state index contributed by atoms with van der Waals surface area (Å²) in [6, 6.07) is 12.4. The van der Waals surface area contributed by atoms with Gasteiger partial charge in [0.25, 0.3) is 10.0 Å². The van der Waals surface area contributed by atoms with E-state index in [0.717, 1.165) is 48.0 Å². The minimum atomic E-state index is -3.63. The molecule has 4 nitrogen and oxygen atoms in total. The van der Waals surface area contributed by atoms with Crippen LogP contribution in [0, 0.1) is 18.3 Å². The second-order valence-corrected chi connectivity index (χ2v) is 10.5. The van der Waals surface area contributed by atoms with Crippen LogP contribution in [0.1, 0.15) is 50.5 Å². The Labute approximate surface area is 173 Å². The van der Waals surface area contributed by atoms with Gasteiger partial charge in [-0.15, -0.1) is 0 Å². The second-order valence-electron chi connectivity index (χ2n) is 8.87. The van der Waals surface area contributed by atoms with E-state index in [9.17, 15) is 8.42 Å². The minimum absolute atomic E-state index is 0.262. The quantitative estimate of drug-likeness (QED) is 0.553. The Hall–Kier alpha value is -2.27. The molecule has 4 rings (SSSR count). The molecule has 1 aliphatic rings. The van der Waals surface area contributed by atoms with Gasteiger partial charge in [-0.2, -0.15) is 0 Å². The van der Waals surface area contributed by atoms with Crippen LogP contribution >= 0.6 is 0 Å². The number of rotatable bonds is 5. The predicted molar refractivity (Wildman–Crippen MR) is 118 cm³/mol. The Morgan fingerprint density at radius 3 is 2.59 bits per heavy atom. The normalized spacial score (nSPS) is 17.3. The van der Waals surface area contributed by atoms with E-state index in [4.69, 9.17) is 4.42 Å². The molecule has 5 heteroatoms. The lowest BCUT2D eigenvalue weighted by Crippen LogP contribution is -2.28. The molecule has 0 saturated heterocycles. The highest BCUT2D eigenvalue weighted by atomic mass is 32.2. The summed E-state index contributed by atoms with van der Waals surface area (Å²) < 4.78 is 34.5. The van der Waals surface area contributed by atoms with Gasteiger partial charge in [-0.1, -0.05) is 45.4 Å². The summed E-state index contributed by atoms with van der Waals surface area (Å²) in [7, 11) is -3.63. The van der Waals surface area contributed by atoms with Crippen LogP contribution in [0.4, 0.5) is 5.69 Å². The van der Waals surface area contributed by atoms with Crippen LogP contribution in [-0.2, 0) is 22.9 Å². The number of hydrogen-bond acceptors (Lipinski definition) is 3. The van der Waals surface area contributed by atoms with Crippen LogP contribution in [0.3, 0.4) is 0 Å². The fourth-order valence-electron chi connectivity index (χ4n) is 4.29. The molecule has 0 unspecified atom stereocenters. The first kappa shape index (κ1) is 20.0. The van der Waals surface area contributed by atoms with Crippen molar-refractivity contribution in [3.05, 3.63) is 59.4 Å². The van der Waals surface area contributed by atoms with Gasteiger partial charge in [-0.3, -0.25) is 4.72 Å². The number of aryl methyl sites for hydroxylation is 2. The number of hydrogen-bond donors (Lipinski definition) is 1. The van der Waals surface area contributed by atoms with Crippen molar-refractivity contribution in [3.63, 3.8) is 0 Å². The third kappa shape index (κ3) is 3.68. The van der Waals surface area contributed by atoms with Gasteiger partial charge in [0.1, 0.15) is 11.3 Å². The maximum absolute atomic E-state index is 12.8. The third-order valence-electron chi connectivity index (χ3n) is 6.71. The summed E-state index contributed by atoms with van der Waals surface area (Å²) >= 11 is 0. The standard InChI is InChI=1S/C24H29NO3S/c1-5-24(3,4)17-11-12-22-19(14-17)20-15-21(16(2)13-23(20)28-22)25-29(26,27)18-9-7-6-8-10-18/h6-10,13,15,17,25H,5,11-12,14H2,1-4H3/t17-/m0/s1. The SMILES string of the molecule is CCC(C)(C)[C@H]1CCc2oc3cc(C)c(NS(=O)(=O)c4ccccc4)cc3c2C1. The van der Waals surface area contributed by atoms with Gasteiger partial charge in [0, 0.05) is 17.4 Å². The van der Waals surface area contributed by atoms with E-state index in [1.165, 1.54) is 5.56 Å². The molecule has 2 aromatic carbocycles. The molecule has 1 aromatic heterocycles. The summed E-state index contributed by atoms with van der Waals surface area (Å²) in [6.07, 6.45) is 4.21. The molecule has 0 bridgehead atoms. The molecule has 1 N–H and O–H groups in total. The molecule has 0 saturated carbocycles. The van der Waals surface area contributed by atoms with Gasteiger partial charge in [0.05, 0.1) is 10.6 Å². The fraction of sp³-hybridized carbons (Fsp3) is 0.417.